The fraction of sp³-hybridized carbons (Fsp3) is 0.357. The largest absolute Gasteiger partial charge is 0.511 e. The first-order valence-electron chi connectivity index (χ1n) is 12.4. The fourth-order valence-corrected chi connectivity index (χ4v) is 5.19. The zero-order chi connectivity index (χ0) is 24.2. The maximum Gasteiger partial charge on any atom is 0.511 e. The Bertz CT molecular complexity index is 1190. The first-order valence-corrected chi connectivity index (χ1v) is 12.4. The monoisotopic (exact) mass is 472 g/mol. The van der Waals surface area contributed by atoms with Gasteiger partial charge in [0.25, 0.3) is 0 Å². The zero-order valence-corrected chi connectivity index (χ0v) is 20.2. The summed E-state index contributed by atoms with van der Waals surface area (Å²) in [5.41, 5.74) is 6.83. The maximum atomic E-state index is 11.0. The number of pyridine rings is 1. The van der Waals surface area contributed by atoms with Crippen LogP contribution in [0.3, 0.4) is 0 Å². The van der Waals surface area contributed by atoms with Crippen LogP contribution in [0.5, 0.6) is 5.75 Å². The molecule has 0 amide bonds. The molecule has 1 aromatic heterocycles. The third kappa shape index (κ3) is 5.25. The quantitative estimate of drug-likeness (QED) is 0.512. The van der Waals surface area contributed by atoms with Crippen molar-refractivity contribution >= 4 is 23.3 Å². The second-order valence-corrected chi connectivity index (χ2v) is 9.29. The lowest BCUT2D eigenvalue weighted by molar-refractivity contribution is 0.144. The van der Waals surface area contributed by atoms with Gasteiger partial charge in [-0.2, -0.15) is 0 Å². The van der Waals surface area contributed by atoms with Crippen molar-refractivity contribution in [2.24, 2.45) is 0 Å². The van der Waals surface area contributed by atoms with Crippen LogP contribution in [0.4, 0.5) is 22.0 Å². The van der Waals surface area contributed by atoms with Crippen LogP contribution in [0.15, 0.2) is 60.8 Å². The van der Waals surface area contributed by atoms with Gasteiger partial charge in [-0.05, 0) is 73.7 Å². The number of ether oxygens (including phenoxy) is 1. The van der Waals surface area contributed by atoms with Crippen LogP contribution in [0.25, 0.3) is 0 Å². The molecule has 2 aromatic carbocycles. The van der Waals surface area contributed by atoms with Gasteiger partial charge in [-0.1, -0.05) is 30.3 Å². The average Bonchev–Trinajstić information content (AvgIpc) is 3.01. The molecular formula is C28H32N4O3. The molecule has 3 aromatic rings. The number of aromatic nitrogens is 1. The standard InChI is InChI=1S/C28H32N4O3/c1-21-9-10-23-12-11-22-6-2-3-7-24(22)32(25(23)20-21)15-5-14-30-16-18-31(19-17-30)27-26(35-28(33)34)8-4-13-29-27/h2-4,6-10,13,20H,5,11-12,14-19H2,1H3,(H,33,34). The van der Waals surface area contributed by atoms with Crippen molar-refractivity contribution < 1.29 is 14.6 Å². The van der Waals surface area contributed by atoms with Gasteiger partial charge in [0, 0.05) is 50.3 Å². The number of hydrogen-bond acceptors (Lipinski definition) is 6. The lowest BCUT2D eigenvalue weighted by Gasteiger charge is -2.36. The van der Waals surface area contributed by atoms with Crippen LogP contribution >= 0.6 is 0 Å². The fourth-order valence-electron chi connectivity index (χ4n) is 5.19. The average molecular weight is 473 g/mol. The Labute approximate surface area is 206 Å². The molecule has 0 saturated carbocycles. The van der Waals surface area contributed by atoms with E-state index in [0.717, 1.165) is 58.5 Å². The Hall–Kier alpha value is -3.58. The van der Waals surface area contributed by atoms with Crippen LogP contribution in [-0.2, 0) is 12.8 Å². The first-order chi connectivity index (χ1) is 17.1. The van der Waals surface area contributed by atoms with Crippen LogP contribution in [0, 0.1) is 6.92 Å². The highest BCUT2D eigenvalue weighted by Crippen LogP contribution is 2.36. The molecule has 2 aliphatic heterocycles. The Morgan fingerprint density at radius 2 is 1.71 bits per heavy atom. The van der Waals surface area contributed by atoms with Crippen molar-refractivity contribution in [3.8, 4) is 5.75 Å². The minimum absolute atomic E-state index is 0.294. The molecule has 3 heterocycles. The van der Waals surface area contributed by atoms with Crippen molar-refractivity contribution in [1.29, 1.82) is 0 Å². The molecule has 0 radical (unpaired) electrons. The van der Waals surface area contributed by atoms with E-state index in [-0.39, 0.29) is 0 Å². The molecule has 7 heteroatoms. The predicted molar refractivity (Wildman–Crippen MR) is 138 cm³/mol. The molecule has 0 atom stereocenters. The van der Waals surface area contributed by atoms with Crippen molar-refractivity contribution in [3.05, 3.63) is 77.5 Å². The second-order valence-electron chi connectivity index (χ2n) is 9.29. The third-order valence-electron chi connectivity index (χ3n) is 6.95. The highest BCUT2D eigenvalue weighted by molar-refractivity contribution is 5.71. The Kier molecular flexibility index (Phi) is 6.86. The Morgan fingerprint density at radius 3 is 2.51 bits per heavy atom. The minimum Gasteiger partial charge on any atom is -0.449 e. The molecule has 0 unspecified atom stereocenters. The second kappa shape index (κ2) is 10.4. The number of piperazine rings is 1. The smallest absolute Gasteiger partial charge is 0.449 e. The van der Waals surface area contributed by atoms with E-state index < -0.39 is 6.16 Å². The van der Waals surface area contributed by atoms with Crippen molar-refractivity contribution in [3.63, 3.8) is 0 Å². The number of anilines is 3. The van der Waals surface area contributed by atoms with Crippen molar-refractivity contribution in [2.45, 2.75) is 26.2 Å². The lowest BCUT2D eigenvalue weighted by Crippen LogP contribution is -2.47. The van der Waals surface area contributed by atoms with E-state index in [1.54, 1.807) is 18.3 Å². The molecule has 2 aliphatic rings. The van der Waals surface area contributed by atoms with E-state index in [0.29, 0.717) is 11.6 Å². The van der Waals surface area contributed by atoms with Gasteiger partial charge in [0.05, 0.1) is 0 Å². The van der Waals surface area contributed by atoms with Gasteiger partial charge in [-0.15, -0.1) is 0 Å². The van der Waals surface area contributed by atoms with Gasteiger partial charge in [0.15, 0.2) is 11.6 Å². The summed E-state index contributed by atoms with van der Waals surface area (Å²) >= 11 is 0. The summed E-state index contributed by atoms with van der Waals surface area (Å²) in [6.07, 6.45) is 3.58. The predicted octanol–water partition coefficient (Wildman–Crippen LogP) is 4.90. The number of fused-ring (bicyclic) bond motifs is 2. The summed E-state index contributed by atoms with van der Waals surface area (Å²) in [5.74, 6) is 0.893. The van der Waals surface area contributed by atoms with Crippen LogP contribution in [-0.4, -0.2) is 60.4 Å². The van der Waals surface area contributed by atoms with E-state index in [1.807, 2.05) is 0 Å². The van der Waals surface area contributed by atoms with Gasteiger partial charge < -0.3 is 19.6 Å². The number of hydrogen-bond donors (Lipinski definition) is 1. The van der Waals surface area contributed by atoms with E-state index in [9.17, 15) is 4.79 Å². The number of carboxylic acid groups (broad SMARTS) is 1. The molecule has 1 saturated heterocycles. The molecule has 5 rings (SSSR count). The number of nitrogens with zero attached hydrogens (tertiary/aromatic N) is 4. The summed E-state index contributed by atoms with van der Waals surface area (Å²) in [5, 5.41) is 9.01. The molecule has 182 valence electrons. The highest BCUT2D eigenvalue weighted by atomic mass is 16.7. The van der Waals surface area contributed by atoms with Gasteiger partial charge in [-0.3, -0.25) is 4.90 Å². The summed E-state index contributed by atoms with van der Waals surface area (Å²) in [6.45, 7) is 7.58. The number of rotatable bonds is 6. The van der Waals surface area contributed by atoms with Gasteiger partial charge in [0.1, 0.15) is 0 Å². The zero-order valence-electron chi connectivity index (χ0n) is 20.2. The molecule has 0 spiro atoms. The molecular weight excluding hydrogens is 440 g/mol. The van der Waals surface area contributed by atoms with Crippen molar-refractivity contribution in [2.75, 3.05) is 49.1 Å². The SMILES string of the molecule is Cc1ccc2c(c1)N(CCCN1CCN(c3ncccc3OC(=O)O)CC1)c1ccccc1CC2. The maximum absolute atomic E-state index is 11.0. The highest BCUT2D eigenvalue weighted by Gasteiger charge is 2.23. The van der Waals surface area contributed by atoms with Crippen LogP contribution in [0.1, 0.15) is 23.1 Å². The summed E-state index contributed by atoms with van der Waals surface area (Å²) in [4.78, 5) is 22.5. The molecule has 1 fully saturated rings. The van der Waals surface area contributed by atoms with Crippen molar-refractivity contribution in [1.82, 2.24) is 9.88 Å². The first kappa shape index (κ1) is 23.2. The number of para-hydroxylation sites is 1. The van der Waals surface area contributed by atoms with Crippen LogP contribution < -0.4 is 14.5 Å². The number of benzene rings is 2. The molecule has 1 N–H and O–H groups in total. The minimum atomic E-state index is -1.32. The van der Waals surface area contributed by atoms with E-state index in [4.69, 9.17) is 9.84 Å². The summed E-state index contributed by atoms with van der Waals surface area (Å²) in [7, 11) is 0. The van der Waals surface area contributed by atoms with Crippen LogP contribution in [0.2, 0.25) is 0 Å². The van der Waals surface area contributed by atoms with Gasteiger partial charge in [0.2, 0.25) is 0 Å². The Balaban J connectivity index is 1.22. The number of carbonyl (C=O) groups is 1. The normalized spacial score (nSPS) is 15.8. The molecule has 0 aliphatic carbocycles. The topological polar surface area (TPSA) is 69.1 Å². The van der Waals surface area contributed by atoms with Gasteiger partial charge >= 0.3 is 6.16 Å². The third-order valence-corrected chi connectivity index (χ3v) is 6.95. The lowest BCUT2D eigenvalue weighted by atomic mass is 10.0. The van der Waals surface area contributed by atoms with E-state index in [2.05, 4.69) is 69.1 Å². The summed E-state index contributed by atoms with van der Waals surface area (Å²) < 4.78 is 4.93. The van der Waals surface area contributed by atoms with Gasteiger partial charge in [-0.25, -0.2) is 9.78 Å². The molecule has 35 heavy (non-hydrogen) atoms. The molecule has 0 bridgehead atoms. The number of aryl methyl sites for hydroxylation is 3. The summed E-state index contributed by atoms with van der Waals surface area (Å²) in [6, 6.07) is 19.0. The Morgan fingerprint density at radius 1 is 0.943 bits per heavy atom. The van der Waals surface area contributed by atoms with E-state index >= 15 is 0 Å². The molecule has 7 nitrogen and oxygen atoms in total. The van der Waals surface area contributed by atoms with E-state index in [1.165, 1.54) is 28.1 Å².